The molecule has 4 heterocycles. The number of aromatic nitrogens is 3. The van der Waals surface area contributed by atoms with Crippen molar-refractivity contribution in [2.24, 2.45) is 5.73 Å². The van der Waals surface area contributed by atoms with Gasteiger partial charge in [0.15, 0.2) is 0 Å². The first-order valence-electron chi connectivity index (χ1n) is 11.3. The second-order valence-electron chi connectivity index (χ2n) is 8.60. The number of piperazine rings is 1. The third kappa shape index (κ3) is 4.51. The molecule has 0 spiro atoms. The molecule has 1 aromatic carbocycles. The number of rotatable bonds is 5. The topological polar surface area (TPSA) is 101 Å². The fourth-order valence-electron chi connectivity index (χ4n) is 4.48. The van der Waals surface area contributed by atoms with Gasteiger partial charge in [-0.15, -0.1) is 0 Å². The molecule has 4 aromatic rings. The molecular formula is C25H23F3N6O2. The maximum absolute atomic E-state index is 12.8. The largest absolute Gasteiger partial charge is 0.507 e. The molecule has 0 aliphatic carbocycles. The van der Waals surface area contributed by atoms with Gasteiger partial charge < -0.3 is 25.2 Å². The molecule has 8 nitrogen and oxygen atoms in total. The average Bonchev–Trinajstić information content (AvgIpc) is 3.26. The molecule has 36 heavy (non-hydrogen) atoms. The monoisotopic (exact) mass is 496 g/mol. The molecule has 1 fully saturated rings. The molecule has 3 aromatic heterocycles. The minimum atomic E-state index is -4.40. The van der Waals surface area contributed by atoms with E-state index in [9.17, 15) is 23.1 Å². The van der Waals surface area contributed by atoms with Crippen molar-refractivity contribution in [3.8, 4) is 5.75 Å². The molecule has 0 unspecified atom stereocenters. The zero-order valence-electron chi connectivity index (χ0n) is 19.1. The smallest absolute Gasteiger partial charge is 0.417 e. The van der Waals surface area contributed by atoms with Gasteiger partial charge in [0.1, 0.15) is 17.2 Å². The van der Waals surface area contributed by atoms with Gasteiger partial charge in [0.05, 0.1) is 11.1 Å². The Morgan fingerprint density at radius 1 is 1.00 bits per heavy atom. The number of anilines is 2. The van der Waals surface area contributed by atoms with Gasteiger partial charge >= 0.3 is 6.18 Å². The summed E-state index contributed by atoms with van der Waals surface area (Å²) in [6, 6.07) is 11.2. The molecule has 1 aliphatic rings. The second kappa shape index (κ2) is 9.06. The van der Waals surface area contributed by atoms with E-state index in [0.717, 1.165) is 34.5 Å². The minimum absolute atomic E-state index is 0.0714. The Hall–Kier alpha value is -4.28. The number of nitrogens with two attached hydrogens (primary N) is 1. The van der Waals surface area contributed by atoms with Crippen molar-refractivity contribution in [1.29, 1.82) is 0 Å². The van der Waals surface area contributed by atoms with E-state index < -0.39 is 17.6 Å². The Kier molecular flexibility index (Phi) is 5.91. The highest BCUT2D eigenvalue weighted by Gasteiger charge is 2.31. The zero-order valence-corrected chi connectivity index (χ0v) is 19.1. The number of alkyl halides is 3. The van der Waals surface area contributed by atoms with Crippen LogP contribution in [0.3, 0.4) is 0 Å². The normalized spacial score (nSPS) is 14.4. The van der Waals surface area contributed by atoms with Crippen molar-refractivity contribution < 1.29 is 23.1 Å². The third-order valence-corrected chi connectivity index (χ3v) is 6.34. The van der Waals surface area contributed by atoms with Crippen LogP contribution in [-0.4, -0.2) is 51.7 Å². The minimum Gasteiger partial charge on any atom is -0.507 e. The number of primary amides is 1. The number of amides is 1. The van der Waals surface area contributed by atoms with Crippen LogP contribution in [0.15, 0.2) is 61.1 Å². The lowest BCUT2D eigenvalue weighted by Crippen LogP contribution is -2.46. The fraction of sp³-hybridized carbons (Fsp3) is 0.240. The quantitative estimate of drug-likeness (QED) is 0.438. The van der Waals surface area contributed by atoms with Crippen molar-refractivity contribution in [3.63, 3.8) is 0 Å². The highest BCUT2D eigenvalue weighted by Crippen LogP contribution is 2.31. The van der Waals surface area contributed by atoms with Crippen molar-refractivity contribution in [2.45, 2.75) is 12.7 Å². The number of benzene rings is 1. The number of phenols is 1. The standard InChI is InChI=1S/C25H23F3N6O2/c26-25(27,28)17-2-4-22(31-14-17)33-11-9-32(10-12-33)20-5-7-30-24-18(20)6-8-34(24)15-16-1-3-19(23(29)36)21(35)13-16/h1-8,13-14,35H,9-12,15H2,(H2,29,36). The van der Waals surface area contributed by atoms with Crippen LogP contribution < -0.4 is 15.5 Å². The van der Waals surface area contributed by atoms with Crippen molar-refractivity contribution in [1.82, 2.24) is 14.5 Å². The summed E-state index contributed by atoms with van der Waals surface area (Å²) < 4.78 is 40.4. The first-order valence-corrected chi connectivity index (χ1v) is 11.3. The van der Waals surface area contributed by atoms with Crippen LogP contribution in [0.1, 0.15) is 21.5 Å². The number of halogens is 3. The van der Waals surface area contributed by atoms with Gasteiger partial charge in [-0.05, 0) is 42.0 Å². The summed E-state index contributed by atoms with van der Waals surface area (Å²) in [5.74, 6) is -0.323. The number of nitrogens with zero attached hydrogens (tertiary/aromatic N) is 5. The molecule has 1 aliphatic heterocycles. The summed E-state index contributed by atoms with van der Waals surface area (Å²) in [7, 11) is 0. The molecule has 11 heteroatoms. The molecule has 0 atom stereocenters. The Balaban J connectivity index is 1.31. The molecule has 0 saturated carbocycles. The lowest BCUT2D eigenvalue weighted by molar-refractivity contribution is -0.137. The van der Waals surface area contributed by atoms with Gasteiger partial charge in [0, 0.05) is 62.4 Å². The third-order valence-electron chi connectivity index (χ3n) is 6.34. The molecule has 0 radical (unpaired) electrons. The number of pyridine rings is 2. The van der Waals surface area contributed by atoms with E-state index in [4.69, 9.17) is 5.73 Å². The maximum Gasteiger partial charge on any atom is 0.417 e. The summed E-state index contributed by atoms with van der Waals surface area (Å²) in [4.78, 5) is 24.1. The summed E-state index contributed by atoms with van der Waals surface area (Å²) in [6.45, 7) is 3.04. The molecule has 186 valence electrons. The van der Waals surface area contributed by atoms with E-state index in [1.165, 1.54) is 18.2 Å². The molecule has 1 saturated heterocycles. The number of carbonyl (C=O) groups is 1. The van der Waals surface area contributed by atoms with Gasteiger partial charge in [-0.3, -0.25) is 4.79 Å². The Bertz CT molecular complexity index is 1410. The van der Waals surface area contributed by atoms with Crippen LogP contribution in [0.25, 0.3) is 11.0 Å². The van der Waals surface area contributed by atoms with Crippen molar-refractivity contribution in [2.75, 3.05) is 36.0 Å². The predicted molar refractivity (Wildman–Crippen MR) is 129 cm³/mol. The van der Waals surface area contributed by atoms with Crippen molar-refractivity contribution in [3.05, 3.63) is 77.7 Å². The molecule has 5 rings (SSSR count). The van der Waals surface area contributed by atoms with Crippen molar-refractivity contribution >= 4 is 28.4 Å². The van der Waals surface area contributed by atoms with Crippen LogP contribution in [0, 0.1) is 0 Å². The number of aromatic hydroxyl groups is 1. The van der Waals surface area contributed by atoms with Crippen LogP contribution in [-0.2, 0) is 12.7 Å². The zero-order chi connectivity index (χ0) is 25.4. The van der Waals surface area contributed by atoms with Gasteiger partial charge in [-0.25, -0.2) is 9.97 Å². The molecular weight excluding hydrogens is 473 g/mol. The van der Waals surface area contributed by atoms with E-state index in [1.807, 2.05) is 27.8 Å². The lowest BCUT2D eigenvalue weighted by Gasteiger charge is -2.37. The fourth-order valence-corrected chi connectivity index (χ4v) is 4.48. The van der Waals surface area contributed by atoms with Gasteiger partial charge in [-0.1, -0.05) is 6.07 Å². The SMILES string of the molecule is NC(=O)c1ccc(Cn2ccc3c(N4CCN(c5ccc(C(F)(F)F)cn5)CC4)ccnc32)cc1O. The van der Waals surface area contributed by atoms with E-state index in [1.54, 1.807) is 12.3 Å². The van der Waals surface area contributed by atoms with Crippen LogP contribution >= 0.6 is 0 Å². The summed E-state index contributed by atoms with van der Waals surface area (Å²) in [6.07, 6.45) is 0.132. The van der Waals surface area contributed by atoms with E-state index >= 15 is 0 Å². The second-order valence-corrected chi connectivity index (χ2v) is 8.60. The molecule has 1 amide bonds. The number of carbonyl (C=O) groups excluding carboxylic acids is 1. The number of hydrogen-bond donors (Lipinski definition) is 2. The summed E-state index contributed by atoms with van der Waals surface area (Å²) in [5.41, 5.74) is 7.16. The first kappa shape index (κ1) is 23.5. The van der Waals surface area contributed by atoms with E-state index in [0.29, 0.717) is 38.5 Å². The highest BCUT2D eigenvalue weighted by atomic mass is 19.4. The average molecular weight is 496 g/mol. The maximum atomic E-state index is 12.8. The first-order chi connectivity index (χ1) is 17.2. The molecule has 3 N–H and O–H groups in total. The van der Waals surface area contributed by atoms with Crippen LogP contribution in [0.5, 0.6) is 5.75 Å². The Morgan fingerprint density at radius 2 is 1.75 bits per heavy atom. The number of fused-ring (bicyclic) bond motifs is 1. The number of hydrogen-bond acceptors (Lipinski definition) is 6. The predicted octanol–water partition coefficient (Wildman–Crippen LogP) is 3.63. The van der Waals surface area contributed by atoms with Gasteiger partial charge in [-0.2, -0.15) is 13.2 Å². The summed E-state index contributed by atoms with van der Waals surface area (Å²) >= 11 is 0. The molecule has 0 bridgehead atoms. The van der Waals surface area contributed by atoms with E-state index in [-0.39, 0.29) is 11.3 Å². The van der Waals surface area contributed by atoms with Gasteiger partial charge in [0.2, 0.25) is 0 Å². The van der Waals surface area contributed by atoms with E-state index in [2.05, 4.69) is 14.9 Å². The Morgan fingerprint density at radius 3 is 2.39 bits per heavy atom. The van der Waals surface area contributed by atoms with Crippen LogP contribution in [0.2, 0.25) is 0 Å². The van der Waals surface area contributed by atoms with Gasteiger partial charge in [0.25, 0.3) is 5.91 Å². The summed E-state index contributed by atoms with van der Waals surface area (Å²) in [5, 5.41) is 11.0. The highest BCUT2D eigenvalue weighted by molar-refractivity contribution is 5.95. The Labute approximate surface area is 204 Å². The van der Waals surface area contributed by atoms with Crippen LogP contribution in [0.4, 0.5) is 24.7 Å². The lowest BCUT2D eigenvalue weighted by atomic mass is 10.1.